The second kappa shape index (κ2) is 3.54. The van der Waals surface area contributed by atoms with Crippen molar-refractivity contribution in [3.63, 3.8) is 0 Å². The summed E-state index contributed by atoms with van der Waals surface area (Å²) in [4.78, 5) is 10.7. The number of benzene rings is 1. The Bertz CT molecular complexity index is 404. The van der Waals surface area contributed by atoms with Gasteiger partial charge in [-0.15, -0.1) is 0 Å². The molecule has 2 aromatic rings. The smallest absolute Gasteiger partial charge is 0.150 e. The fourth-order valence-electron chi connectivity index (χ4n) is 1.28. The first-order valence-electron chi connectivity index (χ1n) is 3.98. The SMILES string of the molecule is O=Cc1ccccc1-c1ccsc1. The molecule has 0 atom stereocenters. The van der Waals surface area contributed by atoms with Crippen LogP contribution in [-0.2, 0) is 0 Å². The highest BCUT2D eigenvalue weighted by molar-refractivity contribution is 7.08. The Balaban J connectivity index is 2.57. The normalized spacial score (nSPS) is 9.85. The molecule has 64 valence electrons. The number of hydrogen-bond donors (Lipinski definition) is 0. The van der Waals surface area contributed by atoms with Gasteiger partial charge < -0.3 is 0 Å². The van der Waals surface area contributed by atoms with E-state index in [4.69, 9.17) is 0 Å². The van der Waals surface area contributed by atoms with Crippen molar-refractivity contribution in [2.24, 2.45) is 0 Å². The molecule has 0 aliphatic heterocycles. The molecule has 0 unspecified atom stereocenters. The molecule has 2 rings (SSSR count). The largest absolute Gasteiger partial charge is 0.298 e. The van der Waals surface area contributed by atoms with E-state index in [1.165, 1.54) is 0 Å². The highest BCUT2D eigenvalue weighted by atomic mass is 32.1. The summed E-state index contributed by atoms with van der Waals surface area (Å²) in [6.07, 6.45) is 0.896. The molecule has 0 spiro atoms. The molecule has 1 aromatic heterocycles. The van der Waals surface area contributed by atoms with Gasteiger partial charge in [-0.05, 0) is 28.0 Å². The molecule has 1 aromatic carbocycles. The van der Waals surface area contributed by atoms with Crippen LogP contribution < -0.4 is 0 Å². The van der Waals surface area contributed by atoms with Crippen LogP contribution in [0.3, 0.4) is 0 Å². The average molecular weight is 188 g/mol. The summed E-state index contributed by atoms with van der Waals surface area (Å²) in [6, 6.07) is 9.64. The van der Waals surface area contributed by atoms with Crippen LogP contribution in [0, 0.1) is 0 Å². The van der Waals surface area contributed by atoms with E-state index < -0.39 is 0 Å². The minimum Gasteiger partial charge on any atom is -0.298 e. The Kier molecular flexibility index (Phi) is 2.23. The fraction of sp³-hybridized carbons (Fsp3) is 0. The molecule has 0 saturated heterocycles. The molecular weight excluding hydrogens is 180 g/mol. The van der Waals surface area contributed by atoms with Crippen molar-refractivity contribution in [3.8, 4) is 11.1 Å². The van der Waals surface area contributed by atoms with E-state index >= 15 is 0 Å². The van der Waals surface area contributed by atoms with Crippen LogP contribution in [0.2, 0.25) is 0 Å². The number of carbonyl (C=O) groups excluding carboxylic acids is 1. The predicted molar refractivity (Wildman–Crippen MR) is 55.1 cm³/mol. The summed E-state index contributed by atoms with van der Waals surface area (Å²) in [5, 5.41) is 4.05. The summed E-state index contributed by atoms with van der Waals surface area (Å²) >= 11 is 1.64. The van der Waals surface area contributed by atoms with E-state index in [1.54, 1.807) is 11.3 Å². The number of rotatable bonds is 2. The van der Waals surface area contributed by atoms with E-state index in [9.17, 15) is 4.79 Å². The van der Waals surface area contributed by atoms with Gasteiger partial charge in [0.05, 0.1) is 0 Å². The molecule has 0 aliphatic carbocycles. The topological polar surface area (TPSA) is 17.1 Å². The Morgan fingerprint density at radius 1 is 1.15 bits per heavy atom. The van der Waals surface area contributed by atoms with Crippen LogP contribution in [0.15, 0.2) is 41.1 Å². The highest BCUT2D eigenvalue weighted by Crippen LogP contribution is 2.24. The van der Waals surface area contributed by atoms with E-state index in [-0.39, 0.29) is 0 Å². The van der Waals surface area contributed by atoms with E-state index in [1.807, 2.05) is 41.1 Å². The summed E-state index contributed by atoms with van der Waals surface area (Å²) in [5.74, 6) is 0. The Morgan fingerprint density at radius 2 is 2.00 bits per heavy atom. The molecule has 0 saturated carbocycles. The lowest BCUT2D eigenvalue weighted by molar-refractivity contribution is 0.112. The van der Waals surface area contributed by atoms with Crippen LogP contribution in [0.4, 0.5) is 0 Å². The summed E-state index contributed by atoms with van der Waals surface area (Å²) in [7, 11) is 0. The number of carbonyl (C=O) groups is 1. The molecule has 13 heavy (non-hydrogen) atoms. The van der Waals surface area contributed by atoms with Crippen LogP contribution in [-0.4, -0.2) is 6.29 Å². The quantitative estimate of drug-likeness (QED) is 0.661. The van der Waals surface area contributed by atoms with Crippen molar-refractivity contribution in [1.29, 1.82) is 0 Å². The van der Waals surface area contributed by atoms with Gasteiger partial charge in [-0.2, -0.15) is 11.3 Å². The molecule has 0 N–H and O–H groups in total. The van der Waals surface area contributed by atoms with Crippen molar-refractivity contribution in [2.75, 3.05) is 0 Å². The molecule has 1 heterocycles. The lowest BCUT2D eigenvalue weighted by Crippen LogP contribution is -1.84. The van der Waals surface area contributed by atoms with Crippen molar-refractivity contribution in [3.05, 3.63) is 46.7 Å². The first kappa shape index (κ1) is 8.20. The van der Waals surface area contributed by atoms with E-state index in [0.717, 1.165) is 23.0 Å². The third-order valence-corrected chi connectivity index (χ3v) is 2.60. The number of aldehydes is 1. The maximum atomic E-state index is 10.7. The predicted octanol–water partition coefficient (Wildman–Crippen LogP) is 3.23. The van der Waals surface area contributed by atoms with Crippen LogP contribution in [0.25, 0.3) is 11.1 Å². The van der Waals surface area contributed by atoms with Gasteiger partial charge in [0, 0.05) is 5.56 Å². The maximum Gasteiger partial charge on any atom is 0.150 e. The Morgan fingerprint density at radius 3 is 2.69 bits per heavy atom. The van der Waals surface area contributed by atoms with E-state index in [0.29, 0.717) is 0 Å². The van der Waals surface area contributed by atoms with Gasteiger partial charge in [0.2, 0.25) is 0 Å². The average Bonchev–Trinajstić information content (AvgIpc) is 2.70. The monoisotopic (exact) mass is 188 g/mol. The van der Waals surface area contributed by atoms with Crippen molar-refractivity contribution >= 4 is 17.6 Å². The standard InChI is InChI=1S/C11H8OS/c12-7-9-3-1-2-4-11(9)10-5-6-13-8-10/h1-8H. The van der Waals surface area contributed by atoms with Gasteiger partial charge in [-0.25, -0.2) is 0 Å². The van der Waals surface area contributed by atoms with Crippen molar-refractivity contribution in [2.45, 2.75) is 0 Å². The molecule has 0 fully saturated rings. The van der Waals surface area contributed by atoms with E-state index in [2.05, 4.69) is 0 Å². The molecule has 0 bridgehead atoms. The van der Waals surface area contributed by atoms with Gasteiger partial charge in [0.15, 0.2) is 6.29 Å². The summed E-state index contributed by atoms with van der Waals surface area (Å²) in [6.45, 7) is 0. The first-order chi connectivity index (χ1) is 6.42. The zero-order valence-corrected chi connectivity index (χ0v) is 7.75. The van der Waals surface area contributed by atoms with Gasteiger partial charge >= 0.3 is 0 Å². The Hall–Kier alpha value is -1.41. The number of hydrogen-bond acceptors (Lipinski definition) is 2. The van der Waals surface area contributed by atoms with Crippen molar-refractivity contribution in [1.82, 2.24) is 0 Å². The molecule has 0 amide bonds. The molecule has 0 radical (unpaired) electrons. The molecule has 0 aliphatic rings. The minimum atomic E-state index is 0.751. The second-order valence-corrected chi connectivity index (χ2v) is 3.50. The van der Waals surface area contributed by atoms with Gasteiger partial charge in [-0.1, -0.05) is 24.3 Å². The lowest BCUT2D eigenvalue weighted by Gasteiger charge is -2.00. The molecular formula is C11H8OS. The third-order valence-electron chi connectivity index (χ3n) is 1.92. The fourth-order valence-corrected chi connectivity index (χ4v) is 1.94. The first-order valence-corrected chi connectivity index (χ1v) is 4.93. The second-order valence-electron chi connectivity index (χ2n) is 2.72. The van der Waals surface area contributed by atoms with Gasteiger partial charge in [-0.3, -0.25) is 4.79 Å². The Labute approximate surface area is 80.7 Å². The lowest BCUT2D eigenvalue weighted by atomic mass is 10.0. The number of thiophene rings is 1. The van der Waals surface area contributed by atoms with Gasteiger partial charge in [0.25, 0.3) is 0 Å². The summed E-state index contributed by atoms with van der Waals surface area (Å²) < 4.78 is 0. The van der Waals surface area contributed by atoms with Crippen molar-refractivity contribution < 1.29 is 4.79 Å². The van der Waals surface area contributed by atoms with Gasteiger partial charge in [0.1, 0.15) is 0 Å². The highest BCUT2D eigenvalue weighted by Gasteiger charge is 2.02. The summed E-state index contributed by atoms with van der Waals surface area (Å²) in [5.41, 5.74) is 2.88. The zero-order chi connectivity index (χ0) is 9.10. The minimum absolute atomic E-state index is 0.751. The molecule has 1 nitrogen and oxygen atoms in total. The van der Waals surface area contributed by atoms with Crippen LogP contribution >= 0.6 is 11.3 Å². The maximum absolute atomic E-state index is 10.7. The molecule has 2 heteroatoms. The van der Waals surface area contributed by atoms with Crippen LogP contribution in [0.1, 0.15) is 10.4 Å². The zero-order valence-electron chi connectivity index (χ0n) is 6.94. The third kappa shape index (κ3) is 1.53. The van der Waals surface area contributed by atoms with Crippen LogP contribution in [0.5, 0.6) is 0 Å².